The number of rotatable bonds is 5. The van der Waals surface area contributed by atoms with E-state index in [0.717, 1.165) is 14.2 Å². The molecule has 0 nitrogen and oxygen atoms in total. The van der Waals surface area contributed by atoms with Gasteiger partial charge in [0, 0.05) is 5.66 Å². The van der Waals surface area contributed by atoms with Gasteiger partial charge in [0.05, 0.1) is 0 Å². The second-order valence-corrected chi connectivity index (χ2v) is 7.06. The first-order valence-corrected chi connectivity index (χ1v) is 8.47. The molecule has 0 heterocycles. The van der Waals surface area contributed by atoms with Crippen LogP contribution in [0, 0.1) is 13.8 Å². The number of benzene rings is 2. The van der Waals surface area contributed by atoms with Gasteiger partial charge in [0.15, 0.2) is 0 Å². The van der Waals surface area contributed by atoms with Crippen LogP contribution in [-0.2, 0) is 0 Å². The summed E-state index contributed by atoms with van der Waals surface area (Å²) in [6.07, 6.45) is 2.15. The largest absolute Gasteiger partial charge is 0.0912 e. The fourth-order valence-electron chi connectivity index (χ4n) is 2.19. The first kappa shape index (κ1) is 15.7. The summed E-state index contributed by atoms with van der Waals surface area (Å²) in [5, 5.41) is 0. The Bertz CT molecular complexity index is 635. The molecule has 0 spiro atoms. The lowest BCUT2D eigenvalue weighted by Crippen LogP contribution is -1.85. The molecule has 0 radical (unpaired) electrons. The maximum Gasteiger partial charge on any atom is 0.00206 e. The first-order valence-electron chi connectivity index (χ1n) is 7.31. The maximum atomic E-state index is 4.16. The summed E-state index contributed by atoms with van der Waals surface area (Å²) in [5.41, 5.74) is 6.86. The van der Waals surface area contributed by atoms with Crippen LogP contribution in [0.3, 0.4) is 0 Å². The highest BCUT2D eigenvalue weighted by Gasteiger charge is 2.02. The molecule has 0 aromatic heterocycles. The number of allylic oxidation sites excluding steroid dienone is 2. The summed E-state index contributed by atoms with van der Waals surface area (Å²) < 4.78 is 0. The van der Waals surface area contributed by atoms with E-state index in [1.54, 1.807) is 0 Å². The zero-order valence-electron chi connectivity index (χ0n) is 13.1. The summed E-state index contributed by atoms with van der Waals surface area (Å²) in [4.78, 5) is 0. The van der Waals surface area contributed by atoms with Gasteiger partial charge >= 0.3 is 0 Å². The molecule has 2 atom stereocenters. The molecular weight excluding hydrogens is 271 g/mol. The minimum Gasteiger partial charge on any atom is -0.0912 e. The van der Waals surface area contributed by atoms with E-state index >= 15 is 0 Å². The topological polar surface area (TPSA) is 0 Å². The molecule has 0 saturated heterocycles. The normalized spacial score (nSPS) is 13.1. The molecule has 2 aromatic carbocycles. The molecule has 0 saturated carbocycles. The van der Waals surface area contributed by atoms with E-state index in [4.69, 9.17) is 0 Å². The number of aryl methyl sites for hydroxylation is 2. The van der Waals surface area contributed by atoms with Crippen LogP contribution >= 0.6 is 8.58 Å². The van der Waals surface area contributed by atoms with Crippen LogP contribution in [0.4, 0.5) is 0 Å². The average molecular weight is 294 g/mol. The fraction of sp³-hybridized carbons (Fsp3) is 0.200. The van der Waals surface area contributed by atoms with Crippen LogP contribution in [0.5, 0.6) is 0 Å². The lowest BCUT2D eigenvalue weighted by Gasteiger charge is -2.10. The zero-order chi connectivity index (χ0) is 15.2. The van der Waals surface area contributed by atoms with Gasteiger partial charge < -0.3 is 0 Å². The van der Waals surface area contributed by atoms with Crippen molar-refractivity contribution in [2.24, 2.45) is 0 Å². The SMILES string of the molecule is C=C(/C=C\PC(C)c1ccc(C)cc1)c1cccc(C)c1. The standard InChI is InChI=1S/C20H23P/c1-15-8-10-19(11-9-15)18(4)21-13-12-17(3)20-7-5-6-16(2)14-20/h5-14,18,21H,3H2,1-2,4H3/b13-12-. The monoisotopic (exact) mass is 294 g/mol. The minimum absolute atomic E-state index is 0.562. The summed E-state index contributed by atoms with van der Waals surface area (Å²) >= 11 is 0. The first-order chi connectivity index (χ1) is 10.1. The van der Waals surface area contributed by atoms with E-state index in [1.807, 2.05) is 0 Å². The molecule has 2 rings (SSSR count). The summed E-state index contributed by atoms with van der Waals surface area (Å²) in [6.45, 7) is 10.7. The highest BCUT2D eigenvalue weighted by atomic mass is 31.1. The molecule has 0 amide bonds. The smallest absolute Gasteiger partial charge is 0.00206 e. The quantitative estimate of drug-likeness (QED) is 0.450. The van der Waals surface area contributed by atoms with Crippen molar-refractivity contribution < 1.29 is 0 Å². The summed E-state index contributed by atoms with van der Waals surface area (Å²) in [5.74, 6) is 2.26. The Morgan fingerprint density at radius 1 is 1.05 bits per heavy atom. The van der Waals surface area contributed by atoms with Crippen LogP contribution in [0.15, 0.2) is 67.0 Å². The van der Waals surface area contributed by atoms with E-state index < -0.39 is 0 Å². The molecule has 0 aliphatic rings. The Morgan fingerprint density at radius 3 is 2.43 bits per heavy atom. The Balaban J connectivity index is 1.95. The Morgan fingerprint density at radius 2 is 1.76 bits per heavy atom. The van der Waals surface area contributed by atoms with Crippen molar-refractivity contribution in [1.82, 2.24) is 0 Å². The average Bonchev–Trinajstić information content (AvgIpc) is 2.47. The third-order valence-corrected chi connectivity index (χ3v) is 4.79. The summed E-state index contributed by atoms with van der Waals surface area (Å²) in [7, 11) is 0.774. The molecule has 2 aromatic rings. The lowest BCUT2D eigenvalue weighted by atomic mass is 10.1. The Kier molecular flexibility index (Phi) is 5.53. The third-order valence-electron chi connectivity index (χ3n) is 3.60. The molecule has 0 N–H and O–H groups in total. The van der Waals surface area contributed by atoms with Gasteiger partial charge in [-0.05, 0) is 30.5 Å². The van der Waals surface area contributed by atoms with Crippen molar-refractivity contribution in [2.45, 2.75) is 26.4 Å². The molecule has 2 unspecified atom stereocenters. The van der Waals surface area contributed by atoms with E-state index in [2.05, 4.69) is 87.8 Å². The van der Waals surface area contributed by atoms with Crippen LogP contribution in [0.1, 0.15) is 34.8 Å². The van der Waals surface area contributed by atoms with E-state index in [-0.39, 0.29) is 0 Å². The maximum absolute atomic E-state index is 4.16. The summed E-state index contributed by atoms with van der Waals surface area (Å²) in [6, 6.07) is 17.3. The third kappa shape index (κ3) is 4.69. The van der Waals surface area contributed by atoms with Gasteiger partial charge in [0.2, 0.25) is 0 Å². The van der Waals surface area contributed by atoms with Crippen molar-refractivity contribution >= 4 is 14.2 Å². The Hall–Kier alpha value is -1.65. The fourth-order valence-corrected chi connectivity index (χ4v) is 3.16. The van der Waals surface area contributed by atoms with Gasteiger partial charge in [0.25, 0.3) is 0 Å². The zero-order valence-corrected chi connectivity index (χ0v) is 14.1. The van der Waals surface area contributed by atoms with Gasteiger partial charge in [0.1, 0.15) is 0 Å². The van der Waals surface area contributed by atoms with Crippen LogP contribution in [-0.4, -0.2) is 0 Å². The van der Waals surface area contributed by atoms with Crippen LogP contribution in [0.25, 0.3) is 5.57 Å². The number of hydrogen-bond donors (Lipinski definition) is 0. The number of hydrogen-bond acceptors (Lipinski definition) is 0. The second-order valence-electron chi connectivity index (χ2n) is 5.53. The molecule has 0 bridgehead atoms. The van der Waals surface area contributed by atoms with Crippen LogP contribution < -0.4 is 0 Å². The van der Waals surface area contributed by atoms with Gasteiger partial charge in [-0.15, -0.1) is 0 Å². The molecule has 1 heteroatoms. The predicted molar refractivity (Wildman–Crippen MR) is 97.3 cm³/mol. The van der Waals surface area contributed by atoms with Crippen molar-refractivity contribution in [3.05, 3.63) is 89.3 Å². The molecular formula is C20H23P. The van der Waals surface area contributed by atoms with Crippen molar-refractivity contribution in [3.63, 3.8) is 0 Å². The molecule has 0 aliphatic carbocycles. The molecule has 21 heavy (non-hydrogen) atoms. The Labute approximate surface area is 130 Å². The highest BCUT2D eigenvalue weighted by molar-refractivity contribution is 7.42. The second kappa shape index (κ2) is 7.38. The van der Waals surface area contributed by atoms with Gasteiger partial charge in [-0.25, -0.2) is 0 Å². The van der Waals surface area contributed by atoms with Crippen molar-refractivity contribution in [2.75, 3.05) is 0 Å². The van der Waals surface area contributed by atoms with E-state index in [9.17, 15) is 0 Å². The van der Waals surface area contributed by atoms with Crippen molar-refractivity contribution in [1.29, 1.82) is 0 Å². The van der Waals surface area contributed by atoms with Crippen LogP contribution in [0.2, 0.25) is 0 Å². The molecule has 108 valence electrons. The van der Waals surface area contributed by atoms with E-state index in [1.165, 1.54) is 22.3 Å². The molecule has 0 fully saturated rings. The highest BCUT2D eigenvalue weighted by Crippen LogP contribution is 2.35. The van der Waals surface area contributed by atoms with Gasteiger partial charge in [-0.2, -0.15) is 0 Å². The predicted octanol–water partition coefficient (Wildman–Crippen LogP) is 6.27. The van der Waals surface area contributed by atoms with Gasteiger partial charge in [-0.3, -0.25) is 0 Å². The van der Waals surface area contributed by atoms with Crippen molar-refractivity contribution in [3.8, 4) is 0 Å². The van der Waals surface area contributed by atoms with E-state index in [0.29, 0.717) is 5.66 Å². The van der Waals surface area contributed by atoms with Gasteiger partial charge in [-0.1, -0.05) is 93.6 Å². The lowest BCUT2D eigenvalue weighted by molar-refractivity contribution is 1.09. The minimum atomic E-state index is 0.562. The molecule has 0 aliphatic heterocycles.